The van der Waals surface area contributed by atoms with Crippen LogP contribution in [0, 0.1) is 5.92 Å². The largest absolute Gasteiger partial charge is 0.375 e. The van der Waals surface area contributed by atoms with Crippen LogP contribution in [0.15, 0.2) is 0 Å². The van der Waals surface area contributed by atoms with E-state index < -0.39 is 0 Å². The molecular weight excluding hydrogens is 150 g/mol. The zero-order chi connectivity index (χ0) is 9.19. The van der Waals surface area contributed by atoms with E-state index in [0.29, 0.717) is 12.0 Å². The monoisotopic (exact) mass is 171 g/mol. The summed E-state index contributed by atoms with van der Waals surface area (Å²) in [7, 11) is 0. The van der Waals surface area contributed by atoms with E-state index in [1.54, 1.807) is 0 Å². The van der Waals surface area contributed by atoms with Crippen molar-refractivity contribution in [3.63, 3.8) is 0 Å². The lowest BCUT2D eigenvalue weighted by Crippen LogP contribution is -2.48. The van der Waals surface area contributed by atoms with Gasteiger partial charge in [0.25, 0.3) is 0 Å². The van der Waals surface area contributed by atoms with Crippen molar-refractivity contribution in [1.82, 2.24) is 0 Å². The van der Waals surface area contributed by atoms with Gasteiger partial charge in [0.1, 0.15) is 0 Å². The first kappa shape index (κ1) is 10.0. The predicted molar refractivity (Wildman–Crippen MR) is 51.0 cm³/mol. The van der Waals surface area contributed by atoms with E-state index in [-0.39, 0.29) is 5.60 Å². The highest BCUT2D eigenvalue weighted by molar-refractivity contribution is 4.89. The van der Waals surface area contributed by atoms with E-state index in [0.717, 1.165) is 25.9 Å². The molecule has 0 spiro atoms. The molecule has 12 heavy (non-hydrogen) atoms. The van der Waals surface area contributed by atoms with Gasteiger partial charge >= 0.3 is 0 Å². The van der Waals surface area contributed by atoms with Crippen LogP contribution in [-0.4, -0.2) is 18.2 Å². The van der Waals surface area contributed by atoms with Crippen LogP contribution in [0.4, 0.5) is 0 Å². The average molecular weight is 171 g/mol. The van der Waals surface area contributed by atoms with Crippen LogP contribution in [0.3, 0.4) is 0 Å². The summed E-state index contributed by atoms with van der Waals surface area (Å²) >= 11 is 0. The van der Waals surface area contributed by atoms with Gasteiger partial charge in [0.15, 0.2) is 0 Å². The fraction of sp³-hybridized carbons (Fsp3) is 1.00. The number of hydrogen-bond donors (Lipinski definition) is 1. The van der Waals surface area contributed by atoms with E-state index >= 15 is 0 Å². The number of ether oxygens (including phenoxy) is 1. The van der Waals surface area contributed by atoms with Gasteiger partial charge in [-0.15, -0.1) is 0 Å². The highest BCUT2D eigenvalue weighted by Gasteiger charge is 2.37. The maximum Gasteiger partial charge on any atom is 0.0717 e. The summed E-state index contributed by atoms with van der Waals surface area (Å²) in [6, 6.07) is 0.348. The van der Waals surface area contributed by atoms with Crippen molar-refractivity contribution in [3.8, 4) is 0 Å². The molecule has 2 atom stereocenters. The maximum atomic E-state index is 5.94. The molecule has 1 aliphatic rings. The van der Waals surface area contributed by atoms with Crippen molar-refractivity contribution in [2.45, 2.75) is 51.7 Å². The van der Waals surface area contributed by atoms with Gasteiger partial charge in [0, 0.05) is 12.6 Å². The Morgan fingerprint density at radius 2 is 2.25 bits per heavy atom. The first-order valence-corrected chi connectivity index (χ1v) is 5.00. The second kappa shape index (κ2) is 3.75. The third kappa shape index (κ3) is 1.80. The Labute approximate surface area is 75.5 Å². The normalized spacial score (nSPS) is 37.2. The second-order valence-corrected chi connectivity index (χ2v) is 4.17. The third-order valence-corrected chi connectivity index (χ3v) is 3.14. The molecule has 2 heteroatoms. The van der Waals surface area contributed by atoms with Crippen LogP contribution < -0.4 is 5.73 Å². The van der Waals surface area contributed by atoms with E-state index in [9.17, 15) is 0 Å². The Kier molecular flexibility index (Phi) is 3.13. The Bertz CT molecular complexity index is 147. The van der Waals surface area contributed by atoms with Crippen LogP contribution in [0.5, 0.6) is 0 Å². The molecule has 72 valence electrons. The fourth-order valence-electron chi connectivity index (χ4n) is 2.08. The van der Waals surface area contributed by atoms with Gasteiger partial charge in [-0.25, -0.2) is 0 Å². The van der Waals surface area contributed by atoms with E-state index in [4.69, 9.17) is 10.5 Å². The summed E-state index contributed by atoms with van der Waals surface area (Å²) < 4.78 is 5.87. The molecule has 1 saturated heterocycles. The topological polar surface area (TPSA) is 35.2 Å². The predicted octanol–water partition coefficient (Wildman–Crippen LogP) is 1.93. The lowest BCUT2D eigenvalue weighted by molar-refractivity contribution is -0.115. The molecule has 2 unspecified atom stereocenters. The lowest BCUT2D eigenvalue weighted by Gasteiger charge is -2.42. The fourth-order valence-corrected chi connectivity index (χ4v) is 2.08. The van der Waals surface area contributed by atoms with Gasteiger partial charge in [-0.2, -0.15) is 0 Å². The Balaban J connectivity index is 2.64. The quantitative estimate of drug-likeness (QED) is 0.689. The van der Waals surface area contributed by atoms with Gasteiger partial charge in [0.05, 0.1) is 5.60 Å². The Morgan fingerprint density at radius 3 is 2.58 bits per heavy atom. The molecule has 0 radical (unpaired) electrons. The summed E-state index contributed by atoms with van der Waals surface area (Å²) in [6.45, 7) is 7.48. The summed E-state index contributed by atoms with van der Waals surface area (Å²) in [5.41, 5.74) is 6.01. The van der Waals surface area contributed by atoms with Crippen molar-refractivity contribution in [2.75, 3.05) is 6.61 Å². The highest BCUT2D eigenvalue weighted by atomic mass is 16.5. The molecule has 0 aromatic rings. The zero-order valence-electron chi connectivity index (χ0n) is 8.47. The first-order chi connectivity index (χ1) is 5.60. The summed E-state index contributed by atoms with van der Waals surface area (Å²) in [6.07, 6.45) is 3.13. The summed E-state index contributed by atoms with van der Waals surface area (Å²) in [4.78, 5) is 0. The SMILES string of the molecule is CCC1(C(C)C)CC(N)CCO1. The minimum Gasteiger partial charge on any atom is -0.375 e. The lowest BCUT2D eigenvalue weighted by atomic mass is 9.80. The molecular formula is C10H21NO. The molecule has 0 aliphatic carbocycles. The van der Waals surface area contributed by atoms with Crippen LogP contribution in [-0.2, 0) is 4.74 Å². The van der Waals surface area contributed by atoms with Crippen LogP contribution >= 0.6 is 0 Å². The molecule has 1 aliphatic heterocycles. The van der Waals surface area contributed by atoms with Crippen molar-refractivity contribution in [3.05, 3.63) is 0 Å². The van der Waals surface area contributed by atoms with Gasteiger partial charge in [-0.05, 0) is 25.2 Å². The number of nitrogens with two attached hydrogens (primary N) is 1. The average Bonchev–Trinajstić information content (AvgIpc) is 2.04. The Morgan fingerprint density at radius 1 is 1.58 bits per heavy atom. The van der Waals surface area contributed by atoms with Crippen molar-refractivity contribution in [1.29, 1.82) is 0 Å². The van der Waals surface area contributed by atoms with Crippen LogP contribution in [0.25, 0.3) is 0 Å². The van der Waals surface area contributed by atoms with Crippen LogP contribution in [0.1, 0.15) is 40.0 Å². The van der Waals surface area contributed by atoms with Gasteiger partial charge < -0.3 is 10.5 Å². The van der Waals surface area contributed by atoms with Gasteiger partial charge in [-0.3, -0.25) is 0 Å². The minimum absolute atomic E-state index is 0.0671. The second-order valence-electron chi connectivity index (χ2n) is 4.17. The first-order valence-electron chi connectivity index (χ1n) is 5.00. The zero-order valence-corrected chi connectivity index (χ0v) is 8.47. The standard InChI is InChI=1S/C10H21NO/c1-4-10(8(2)3)7-9(11)5-6-12-10/h8-9H,4-7,11H2,1-3H3. The van der Waals surface area contributed by atoms with E-state index in [1.165, 1.54) is 0 Å². The van der Waals surface area contributed by atoms with Crippen LogP contribution in [0.2, 0.25) is 0 Å². The van der Waals surface area contributed by atoms with Crippen molar-refractivity contribution >= 4 is 0 Å². The maximum absolute atomic E-state index is 5.94. The highest BCUT2D eigenvalue weighted by Crippen LogP contribution is 2.34. The van der Waals surface area contributed by atoms with E-state index in [1.807, 2.05) is 0 Å². The molecule has 0 bridgehead atoms. The van der Waals surface area contributed by atoms with Gasteiger partial charge in [-0.1, -0.05) is 20.8 Å². The number of hydrogen-bond acceptors (Lipinski definition) is 2. The van der Waals surface area contributed by atoms with Crippen molar-refractivity contribution in [2.24, 2.45) is 11.7 Å². The molecule has 1 heterocycles. The summed E-state index contributed by atoms with van der Waals surface area (Å²) in [5, 5.41) is 0. The number of rotatable bonds is 2. The third-order valence-electron chi connectivity index (χ3n) is 3.14. The van der Waals surface area contributed by atoms with Gasteiger partial charge in [0.2, 0.25) is 0 Å². The smallest absolute Gasteiger partial charge is 0.0717 e. The van der Waals surface area contributed by atoms with E-state index in [2.05, 4.69) is 20.8 Å². The molecule has 2 N–H and O–H groups in total. The molecule has 0 aromatic heterocycles. The van der Waals surface area contributed by atoms with Crippen molar-refractivity contribution < 1.29 is 4.74 Å². The minimum atomic E-state index is 0.0671. The molecule has 0 aromatic carbocycles. The molecule has 1 fully saturated rings. The Hall–Kier alpha value is -0.0800. The molecule has 0 saturated carbocycles. The molecule has 1 rings (SSSR count). The molecule has 0 amide bonds. The molecule has 2 nitrogen and oxygen atoms in total. The summed E-state index contributed by atoms with van der Waals surface area (Å²) in [5.74, 6) is 0.578.